The van der Waals surface area contributed by atoms with Gasteiger partial charge in [-0.1, -0.05) is 6.07 Å². The highest BCUT2D eigenvalue weighted by molar-refractivity contribution is 5.68. The SMILES string of the molecule is Cc1c(F)cccc1Nc1ccc(F)cc1C#N. The topological polar surface area (TPSA) is 35.8 Å². The van der Waals surface area contributed by atoms with E-state index in [1.165, 1.54) is 18.2 Å². The molecule has 0 unspecified atom stereocenters. The van der Waals surface area contributed by atoms with E-state index < -0.39 is 5.82 Å². The van der Waals surface area contributed by atoms with Crippen molar-refractivity contribution in [3.05, 3.63) is 59.2 Å². The van der Waals surface area contributed by atoms with Crippen molar-refractivity contribution in [1.82, 2.24) is 0 Å². The molecule has 0 aliphatic heterocycles. The summed E-state index contributed by atoms with van der Waals surface area (Å²) in [7, 11) is 0. The Morgan fingerprint density at radius 1 is 1.11 bits per heavy atom. The molecular weight excluding hydrogens is 234 g/mol. The van der Waals surface area contributed by atoms with Gasteiger partial charge >= 0.3 is 0 Å². The number of halogens is 2. The van der Waals surface area contributed by atoms with Crippen LogP contribution in [-0.4, -0.2) is 0 Å². The second-order valence-corrected chi connectivity index (χ2v) is 3.84. The van der Waals surface area contributed by atoms with Crippen molar-refractivity contribution < 1.29 is 8.78 Å². The molecule has 0 spiro atoms. The van der Waals surface area contributed by atoms with E-state index in [9.17, 15) is 8.78 Å². The van der Waals surface area contributed by atoms with Crippen molar-refractivity contribution >= 4 is 11.4 Å². The molecule has 2 rings (SSSR count). The normalized spacial score (nSPS) is 9.89. The summed E-state index contributed by atoms with van der Waals surface area (Å²) in [5.41, 5.74) is 1.63. The number of hydrogen-bond donors (Lipinski definition) is 1. The van der Waals surface area contributed by atoms with Crippen LogP contribution in [0.3, 0.4) is 0 Å². The molecule has 0 saturated carbocycles. The van der Waals surface area contributed by atoms with Crippen molar-refractivity contribution in [1.29, 1.82) is 5.26 Å². The van der Waals surface area contributed by atoms with Gasteiger partial charge in [-0.25, -0.2) is 8.78 Å². The van der Waals surface area contributed by atoms with Gasteiger partial charge in [0.15, 0.2) is 0 Å². The van der Waals surface area contributed by atoms with Crippen LogP contribution in [0.2, 0.25) is 0 Å². The summed E-state index contributed by atoms with van der Waals surface area (Å²) in [6.07, 6.45) is 0. The Morgan fingerprint density at radius 2 is 1.89 bits per heavy atom. The molecule has 0 amide bonds. The Kier molecular flexibility index (Phi) is 3.24. The third-order valence-corrected chi connectivity index (χ3v) is 2.64. The third-order valence-electron chi connectivity index (χ3n) is 2.64. The lowest BCUT2D eigenvalue weighted by atomic mass is 10.1. The highest BCUT2D eigenvalue weighted by Gasteiger charge is 2.07. The molecule has 2 aromatic carbocycles. The van der Waals surface area contributed by atoms with E-state index in [0.29, 0.717) is 16.9 Å². The number of anilines is 2. The maximum atomic E-state index is 13.4. The van der Waals surface area contributed by atoms with E-state index >= 15 is 0 Å². The van der Waals surface area contributed by atoms with Crippen LogP contribution < -0.4 is 5.32 Å². The number of nitrogens with one attached hydrogen (secondary N) is 1. The van der Waals surface area contributed by atoms with Crippen LogP contribution >= 0.6 is 0 Å². The predicted molar refractivity (Wildman–Crippen MR) is 65.5 cm³/mol. The van der Waals surface area contributed by atoms with E-state index in [0.717, 1.165) is 6.07 Å². The zero-order valence-corrected chi connectivity index (χ0v) is 9.67. The summed E-state index contributed by atoms with van der Waals surface area (Å²) < 4.78 is 26.3. The summed E-state index contributed by atoms with van der Waals surface area (Å²) in [5, 5.41) is 11.8. The van der Waals surface area contributed by atoms with Crippen molar-refractivity contribution in [3.63, 3.8) is 0 Å². The van der Waals surface area contributed by atoms with E-state index in [1.807, 2.05) is 6.07 Å². The maximum Gasteiger partial charge on any atom is 0.128 e. The van der Waals surface area contributed by atoms with E-state index in [-0.39, 0.29) is 11.4 Å². The van der Waals surface area contributed by atoms with Gasteiger partial charge in [-0.2, -0.15) is 5.26 Å². The number of benzene rings is 2. The quantitative estimate of drug-likeness (QED) is 0.869. The fourth-order valence-electron chi connectivity index (χ4n) is 1.61. The van der Waals surface area contributed by atoms with Crippen LogP contribution in [0.15, 0.2) is 36.4 Å². The van der Waals surface area contributed by atoms with Crippen LogP contribution in [0.4, 0.5) is 20.2 Å². The molecule has 1 N–H and O–H groups in total. The van der Waals surface area contributed by atoms with Crippen LogP contribution in [-0.2, 0) is 0 Å². The molecule has 18 heavy (non-hydrogen) atoms. The highest BCUT2D eigenvalue weighted by atomic mass is 19.1. The lowest BCUT2D eigenvalue weighted by Gasteiger charge is -2.11. The Morgan fingerprint density at radius 3 is 2.61 bits per heavy atom. The van der Waals surface area contributed by atoms with Crippen LogP contribution in [0.25, 0.3) is 0 Å². The van der Waals surface area contributed by atoms with Gasteiger partial charge < -0.3 is 5.32 Å². The zero-order chi connectivity index (χ0) is 13.1. The number of nitriles is 1. The Bertz CT molecular complexity index is 630. The van der Waals surface area contributed by atoms with Crippen molar-refractivity contribution in [2.24, 2.45) is 0 Å². The first-order valence-electron chi connectivity index (χ1n) is 5.33. The maximum absolute atomic E-state index is 13.4. The standard InChI is InChI=1S/C14H10F2N2/c1-9-12(16)3-2-4-13(9)18-14-6-5-11(15)7-10(14)8-17/h2-7,18H,1H3. The van der Waals surface area contributed by atoms with Gasteiger partial charge in [0, 0.05) is 11.3 Å². The van der Waals surface area contributed by atoms with Crippen molar-refractivity contribution in [2.75, 3.05) is 5.32 Å². The molecule has 0 saturated heterocycles. The van der Waals surface area contributed by atoms with Gasteiger partial charge in [0.05, 0.1) is 11.3 Å². The van der Waals surface area contributed by atoms with E-state index in [4.69, 9.17) is 5.26 Å². The molecular formula is C14H10F2N2. The lowest BCUT2D eigenvalue weighted by Crippen LogP contribution is -1.97. The number of nitrogens with zero attached hydrogens (tertiary/aromatic N) is 1. The minimum Gasteiger partial charge on any atom is -0.354 e. The Labute approximate surface area is 103 Å². The average molecular weight is 244 g/mol. The number of hydrogen-bond acceptors (Lipinski definition) is 2. The van der Waals surface area contributed by atoms with Gasteiger partial charge in [-0.05, 0) is 37.3 Å². The molecule has 4 heteroatoms. The second kappa shape index (κ2) is 4.84. The second-order valence-electron chi connectivity index (χ2n) is 3.84. The van der Waals surface area contributed by atoms with Crippen LogP contribution in [0.1, 0.15) is 11.1 Å². The van der Waals surface area contributed by atoms with Crippen molar-refractivity contribution in [2.45, 2.75) is 6.92 Å². The first-order chi connectivity index (χ1) is 8.61. The molecule has 0 atom stereocenters. The largest absolute Gasteiger partial charge is 0.354 e. The van der Waals surface area contributed by atoms with Gasteiger partial charge in [-0.15, -0.1) is 0 Å². The molecule has 2 aromatic rings. The van der Waals surface area contributed by atoms with Crippen LogP contribution in [0, 0.1) is 29.9 Å². The summed E-state index contributed by atoms with van der Waals surface area (Å²) in [5.74, 6) is -0.811. The molecule has 0 aromatic heterocycles. The molecule has 2 nitrogen and oxygen atoms in total. The Hall–Kier alpha value is -2.41. The molecule has 0 bridgehead atoms. The molecule has 0 aliphatic rings. The fourth-order valence-corrected chi connectivity index (χ4v) is 1.61. The van der Waals surface area contributed by atoms with Gasteiger partial charge in [-0.3, -0.25) is 0 Å². The summed E-state index contributed by atoms with van der Waals surface area (Å²) >= 11 is 0. The first kappa shape index (κ1) is 12.1. The molecule has 0 radical (unpaired) electrons. The highest BCUT2D eigenvalue weighted by Crippen LogP contribution is 2.25. The fraction of sp³-hybridized carbons (Fsp3) is 0.0714. The summed E-state index contributed by atoms with van der Waals surface area (Å²) in [4.78, 5) is 0. The van der Waals surface area contributed by atoms with Crippen molar-refractivity contribution in [3.8, 4) is 6.07 Å². The van der Waals surface area contributed by atoms with Gasteiger partial charge in [0.25, 0.3) is 0 Å². The van der Waals surface area contributed by atoms with E-state index in [2.05, 4.69) is 5.32 Å². The molecule has 0 aliphatic carbocycles. The van der Waals surface area contributed by atoms with Gasteiger partial charge in [0.1, 0.15) is 17.7 Å². The summed E-state index contributed by atoms with van der Waals surface area (Å²) in [6, 6.07) is 10.4. The first-order valence-corrected chi connectivity index (χ1v) is 5.33. The Balaban J connectivity index is 2.41. The van der Waals surface area contributed by atoms with Crippen LogP contribution in [0.5, 0.6) is 0 Å². The molecule has 0 fully saturated rings. The van der Waals surface area contributed by atoms with Gasteiger partial charge in [0.2, 0.25) is 0 Å². The minimum absolute atomic E-state index is 0.179. The molecule has 90 valence electrons. The minimum atomic E-state index is -0.479. The smallest absolute Gasteiger partial charge is 0.128 e. The lowest BCUT2D eigenvalue weighted by molar-refractivity contribution is 0.619. The zero-order valence-electron chi connectivity index (χ0n) is 9.67. The van der Waals surface area contributed by atoms with E-state index in [1.54, 1.807) is 19.1 Å². The average Bonchev–Trinajstić information content (AvgIpc) is 2.37. The summed E-state index contributed by atoms with van der Waals surface area (Å²) in [6.45, 7) is 1.63. The number of rotatable bonds is 2. The molecule has 0 heterocycles. The third kappa shape index (κ3) is 2.30. The predicted octanol–water partition coefficient (Wildman–Crippen LogP) is 3.89. The monoisotopic (exact) mass is 244 g/mol.